The molecule has 0 bridgehead atoms. The summed E-state index contributed by atoms with van der Waals surface area (Å²) in [6, 6.07) is 0.200. The van der Waals surface area contributed by atoms with Gasteiger partial charge in [0, 0.05) is 18.5 Å². The van der Waals surface area contributed by atoms with Gasteiger partial charge in [-0.3, -0.25) is 0 Å². The Morgan fingerprint density at radius 1 is 1.29 bits per heavy atom. The van der Waals surface area contributed by atoms with E-state index in [1.54, 1.807) is 4.31 Å². The zero-order valence-corrected chi connectivity index (χ0v) is 12.4. The van der Waals surface area contributed by atoms with Crippen LogP contribution >= 0.6 is 11.6 Å². The lowest BCUT2D eigenvalue weighted by molar-refractivity contribution is 0.335. The summed E-state index contributed by atoms with van der Waals surface area (Å²) in [5.41, 5.74) is 0. The third kappa shape index (κ3) is 4.76. The van der Waals surface area contributed by atoms with E-state index in [0.29, 0.717) is 18.3 Å². The Hall–Kier alpha value is 0.200. The maximum atomic E-state index is 12.3. The normalized spacial score (nSPS) is 18.4. The average Bonchev–Trinajstić information content (AvgIpc) is 2.76. The zero-order valence-electron chi connectivity index (χ0n) is 10.9. The van der Waals surface area contributed by atoms with E-state index >= 15 is 0 Å². The highest BCUT2D eigenvalue weighted by Crippen LogP contribution is 2.26. The largest absolute Gasteiger partial charge is 0.214 e. The van der Waals surface area contributed by atoms with Crippen LogP contribution in [-0.4, -0.2) is 36.9 Å². The molecule has 0 amide bonds. The van der Waals surface area contributed by atoms with Gasteiger partial charge in [0.25, 0.3) is 0 Å². The monoisotopic (exact) mass is 281 g/mol. The van der Waals surface area contributed by atoms with E-state index in [1.807, 2.05) is 0 Å². The lowest BCUT2D eigenvalue weighted by Gasteiger charge is -2.27. The molecule has 0 aromatic carbocycles. The van der Waals surface area contributed by atoms with Gasteiger partial charge in [-0.05, 0) is 25.2 Å². The quantitative estimate of drug-likeness (QED) is 0.673. The number of halogens is 1. The van der Waals surface area contributed by atoms with Crippen LogP contribution < -0.4 is 0 Å². The number of hydrogen-bond acceptors (Lipinski definition) is 2. The molecule has 0 atom stereocenters. The fourth-order valence-corrected chi connectivity index (χ4v) is 4.65. The molecule has 0 N–H and O–H groups in total. The summed E-state index contributed by atoms with van der Waals surface area (Å²) in [4.78, 5) is 0. The van der Waals surface area contributed by atoms with Gasteiger partial charge in [-0.25, -0.2) is 8.42 Å². The molecule has 17 heavy (non-hydrogen) atoms. The van der Waals surface area contributed by atoms with Crippen LogP contribution in [0.4, 0.5) is 0 Å². The van der Waals surface area contributed by atoms with Crippen LogP contribution in [0.25, 0.3) is 0 Å². The molecular formula is C12H24ClNO2S. The lowest BCUT2D eigenvalue weighted by Crippen LogP contribution is -2.41. The second kappa shape index (κ2) is 6.95. The zero-order chi connectivity index (χ0) is 12.9. The molecule has 1 aliphatic rings. The second-order valence-corrected chi connectivity index (χ2v) is 7.66. The third-order valence-electron chi connectivity index (χ3n) is 3.35. The van der Waals surface area contributed by atoms with Crippen LogP contribution in [0.2, 0.25) is 0 Å². The molecule has 0 spiro atoms. The average molecular weight is 282 g/mol. The lowest BCUT2D eigenvalue weighted by atomic mass is 10.2. The van der Waals surface area contributed by atoms with E-state index in [2.05, 4.69) is 13.8 Å². The Labute approximate surface area is 111 Å². The van der Waals surface area contributed by atoms with Gasteiger partial charge in [-0.15, -0.1) is 11.6 Å². The third-order valence-corrected chi connectivity index (χ3v) is 5.46. The summed E-state index contributed by atoms with van der Waals surface area (Å²) in [5.74, 6) is 1.07. The van der Waals surface area contributed by atoms with Crippen LogP contribution in [0.15, 0.2) is 0 Å². The summed E-state index contributed by atoms with van der Waals surface area (Å²) >= 11 is 5.74. The maximum absolute atomic E-state index is 12.3. The van der Waals surface area contributed by atoms with Crippen molar-refractivity contribution >= 4 is 21.6 Å². The van der Waals surface area contributed by atoms with E-state index in [-0.39, 0.29) is 11.8 Å². The molecule has 1 rings (SSSR count). The molecule has 0 radical (unpaired) electrons. The second-order valence-electron chi connectivity index (χ2n) is 5.24. The maximum Gasteiger partial charge on any atom is 0.214 e. The van der Waals surface area contributed by atoms with Crippen molar-refractivity contribution in [1.29, 1.82) is 0 Å². The predicted molar refractivity (Wildman–Crippen MR) is 72.9 cm³/mol. The summed E-state index contributed by atoms with van der Waals surface area (Å²) in [6.45, 7) is 4.57. The fourth-order valence-electron chi connectivity index (χ4n) is 2.33. The summed E-state index contributed by atoms with van der Waals surface area (Å²) < 4.78 is 26.2. The molecule has 1 saturated carbocycles. The minimum absolute atomic E-state index is 0.200. The van der Waals surface area contributed by atoms with Crippen LogP contribution in [0, 0.1) is 5.92 Å². The van der Waals surface area contributed by atoms with Crippen molar-refractivity contribution in [3.05, 3.63) is 0 Å². The molecule has 1 aliphatic carbocycles. The molecule has 1 fully saturated rings. The van der Waals surface area contributed by atoms with Crippen molar-refractivity contribution in [3.63, 3.8) is 0 Å². The predicted octanol–water partition coefficient (Wildman–Crippen LogP) is 2.85. The summed E-state index contributed by atoms with van der Waals surface area (Å²) in [7, 11) is -3.11. The number of alkyl halides is 1. The number of sulfonamides is 1. The highest BCUT2D eigenvalue weighted by Gasteiger charge is 2.31. The summed E-state index contributed by atoms with van der Waals surface area (Å²) in [6.07, 6.45) is 5.01. The van der Waals surface area contributed by atoms with Crippen molar-refractivity contribution in [2.75, 3.05) is 18.2 Å². The van der Waals surface area contributed by atoms with Crippen LogP contribution in [0.3, 0.4) is 0 Å². The number of hydrogen-bond donors (Lipinski definition) is 0. The van der Waals surface area contributed by atoms with Crippen LogP contribution in [0.5, 0.6) is 0 Å². The first kappa shape index (κ1) is 15.3. The Kier molecular flexibility index (Phi) is 6.24. The Morgan fingerprint density at radius 3 is 2.35 bits per heavy atom. The van der Waals surface area contributed by atoms with Gasteiger partial charge in [-0.1, -0.05) is 26.7 Å². The smallest absolute Gasteiger partial charge is 0.212 e. The van der Waals surface area contributed by atoms with Crippen LogP contribution in [0.1, 0.15) is 46.0 Å². The first-order valence-corrected chi connectivity index (χ1v) is 8.67. The van der Waals surface area contributed by atoms with Gasteiger partial charge in [0.2, 0.25) is 10.0 Å². The van der Waals surface area contributed by atoms with Gasteiger partial charge in [-0.2, -0.15) is 4.31 Å². The number of rotatable bonds is 7. The van der Waals surface area contributed by atoms with E-state index in [0.717, 1.165) is 32.1 Å². The number of nitrogens with zero attached hydrogens (tertiary/aromatic N) is 1. The van der Waals surface area contributed by atoms with Gasteiger partial charge < -0.3 is 0 Å². The van der Waals surface area contributed by atoms with Crippen LogP contribution in [-0.2, 0) is 10.0 Å². The van der Waals surface area contributed by atoms with Crippen molar-refractivity contribution in [3.8, 4) is 0 Å². The topological polar surface area (TPSA) is 37.4 Å². The standard InChI is InChI=1S/C12H24ClNO2S/c1-11(2)7-10-17(15,16)14(9-8-13)12-5-3-4-6-12/h11-12H,3-10H2,1-2H3. The van der Waals surface area contributed by atoms with Gasteiger partial charge in [0.05, 0.1) is 5.75 Å². The Balaban J connectivity index is 2.67. The minimum atomic E-state index is -3.11. The van der Waals surface area contributed by atoms with Crippen molar-refractivity contribution in [2.45, 2.75) is 52.0 Å². The van der Waals surface area contributed by atoms with E-state index in [1.165, 1.54) is 0 Å². The SMILES string of the molecule is CC(C)CCS(=O)(=O)N(CCCl)C1CCCC1. The van der Waals surface area contributed by atoms with E-state index in [4.69, 9.17) is 11.6 Å². The van der Waals surface area contributed by atoms with Gasteiger partial charge in [0.15, 0.2) is 0 Å². The molecular weight excluding hydrogens is 258 g/mol. The molecule has 0 unspecified atom stereocenters. The molecule has 0 heterocycles. The first-order valence-electron chi connectivity index (χ1n) is 6.53. The highest BCUT2D eigenvalue weighted by atomic mass is 35.5. The molecule has 5 heteroatoms. The van der Waals surface area contributed by atoms with E-state index in [9.17, 15) is 8.42 Å². The molecule has 102 valence electrons. The molecule has 0 aliphatic heterocycles. The molecule has 0 aromatic rings. The van der Waals surface area contributed by atoms with Crippen molar-refractivity contribution < 1.29 is 8.42 Å². The highest BCUT2D eigenvalue weighted by molar-refractivity contribution is 7.89. The van der Waals surface area contributed by atoms with Gasteiger partial charge >= 0.3 is 0 Å². The first-order chi connectivity index (χ1) is 7.97. The Morgan fingerprint density at radius 2 is 1.88 bits per heavy atom. The Bertz CT molecular complexity index is 310. The molecule has 3 nitrogen and oxygen atoms in total. The van der Waals surface area contributed by atoms with E-state index < -0.39 is 10.0 Å². The van der Waals surface area contributed by atoms with Gasteiger partial charge in [0.1, 0.15) is 0 Å². The summed E-state index contributed by atoms with van der Waals surface area (Å²) in [5, 5.41) is 0. The molecule has 0 aromatic heterocycles. The minimum Gasteiger partial charge on any atom is -0.212 e. The molecule has 0 saturated heterocycles. The van der Waals surface area contributed by atoms with Crippen molar-refractivity contribution in [2.24, 2.45) is 5.92 Å². The van der Waals surface area contributed by atoms with Crippen molar-refractivity contribution in [1.82, 2.24) is 4.31 Å². The fraction of sp³-hybridized carbons (Fsp3) is 1.00.